The van der Waals surface area contributed by atoms with E-state index in [9.17, 15) is 0 Å². The van der Waals surface area contributed by atoms with Crippen LogP contribution in [0.3, 0.4) is 0 Å². The van der Waals surface area contributed by atoms with Gasteiger partial charge in [-0.1, -0.05) is 0 Å². The Bertz CT molecular complexity index is 394. The van der Waals surface area contributed by atoms with E-state index >= 15 is 0 Å². The molecule has 0 fully saturated rings. The number of hydrogen-bond donors (Lipinski definition) is 0. The lowest BCUT2D eigenvalue weighted by Crippen LogP contribution is -1.88. The first-order valence-corrected chi connectivity index (χ1v) is 3.89. The van der Waals surface area contributed by atoms with Crippen molar-refractivity contribution in [3.05, 3.63) is 22.7 Å². The summed E-state index contributed by atoms with van der Waals surface area (Å²) in [4.78, 5) is 8.12. The summed E-state index contributed by atoms with van der Waals surface area (Å²) in [5, 5.41) is 4.09. The van der Waals surface area contributed by atoms with Crippen molar-refractivity contribution in [2.45, 2.75) is 6.92 Å². The first kappa shape index (κ1) is 6.72. The molecule has 2 aromatic rings. The Labute approximate surface area is 71.4 Å². The second-order valence-electron chi connectivity index (χ2n) is 2.18. The first-order chi connectivity index (χ1) is 5.25. The molecule has 4 nitrogen and oxygen atoms in total. The van der Waals surface area contributed by atoms with Gasteiger partial charge in [-0.3, -0.25) is 0 Å². The lowest BCUT2D eigenvalue weighted by Gasteiger charge is -1.88. The predicted molar refractivity (Wildman–Crippen MR) is 43.2 cm³/mol. The SMILES string of the molecule is Cc1nc2ncc(Br)cn2n1. The van der Waals surface area contributed by atoms with E-state index in [1.165, 1.54) is 0 Å². The Morgan fingerprint density at radius 2 is 2.36 bits per heavy atom. The van der Waals surface area contributed by atoms with Crippen molar-refractivity contribution >= 4 is 21.7 Å². The molecular formula is C6H5BrN4. The van der Waals surface area contributed by atoms with Gasteiger partial charge in [-0.05, 0) is 22.9 Å². The van der Waals surface area contributed by atoms with Crippen molar-refractivity contribution in [3.8, 4) is 0 Å². The average molecular weight is 213 g/mol. The molecule has 0 aliphatic carbocycles. The molecular weight excluding hydrogens is 208 g/mol. The fourth-order valence-corrected chi connectivity index (χ4v) is 1.16. The fraction of sp³-hybridized carbons (Fsp3) is 0.167. The molecule has 2 rings (SSSR count). The maximum atomic E-state index is 4.09. The van der Waals surface area contributed by atoms with Crippen molar-refractivity contribution < 1.29 is 0 Å². The summed E-state index contributed by atoms with van der Waals surface area (Å²) < 4.78 is 2.54. The van der Waals surface area contributed by atoms with E-state index < -0.39 is 0 Å². The smallest absolute Gasteiger partial charge is 0.218 e. The molecule has 0 amide bonds. The van der Waals surface area contributed by atoms with Crippen LogP contribution in [0.4, 0.5) is 0 Å². The minimum absolute atomic E-state index is 0.630. The zero-order chi connectivity index (χ0) is 7.84. The highest BCUT2D eigenvalue weighted by Crippen LogP contribution is 2.06. The van der Waals surface area contributed by atoms with Crippen LogP contribution < -0.4 is 0 Å². The number of fused-ring (bicyclic) bond motifs is 1. The van der Waals surface area contributed by atoms with Crippen LogP contribution >= 0.6 is 15.9 Å². The lowest BCUT2D eigenvalue weighted by atomic mass is 10.7. The maximum Gasteiger partial charge on any atom is 0.252 e. The average Bonchev–Trinajstić information content (AvgIpc) is 2.27. The second-order valence-corrected chi connectivity index (χ2v) is 3.09. The van der Waals surface area contributed by atoms with Gasteiger partial charge in [0.05, 0.1) is 4.47 Å². The van der Waals surface area contributed by atoms with Crippen LogP contribution in [-0.4, -0.2) is 19.6 Å². The van der Waals surface area contributed by atoms with Crippen LogP contribution in [0.25, 0.3) is 5.78 Å². The number of hydrogen-bond acceptors (Lipinski definition) is 3. The Hall–Kier alpha value is -0.970. The third kappa shape index (κ3) is 1.11. The van der Waals surface area contributed by atoms with Crippen LogP contribution in [0.1, 0.15) is 5.82 Å². The minimum Gasteiger partial charge on any atom is -0.218 e. The monoisotopic (exact) mass is 212 g/mol. The maximum absolute atomic E-state index is 4.09. The van der Waals surface area contributed by atoms with Gasteiger partial charge in [-0.15, -0.1) is 0 Å². The summed E-state index contributed by atoms with van der Waals surface area (Å²) in [5.41, 5.74) is 0. The molecule has 0 spiro atoms. The number of nitrogens with zero attached hydrogens (tertiary/aromatic N) is 4. The molecule has 0 bridgehead atoms. The molecule has 0 saturated carbocycles. The molecule has 0 aliphatic rings. The molecule has 0 saturated heterocycles. The summed E-state index contributed by atoms with van der Waals surface area (Å²) in [7, 11) is 0. The van der Waals surface area contributed by atoms with E-state index in [4.69, 9.17) is 0 Å². The van der Waals surface area contributed by atoms with E-state index in [2.05, 4.69) is 31.0 Å². The van der Waals surface area contributed by atoms with E-state index in [0.29, 0.717) is 5.78 Å². The van der Waals surface area contributed by atoms with Gasteiger partial charge in [-0.2, -0.15) is 10.1 Å². The quantitative estimate of drug-likeness (QED) is 0.660. The highest BCUT2D eigenvalue weighted by atomic mass is 79.9. The summed E-state index contributed by atoms with van der Waals surface area (Å²) >= 11 is 3.29. The molecule has 5 heteroatoms. The van der Waals surface area contributed by atoms with Gasteiger partial charge in [0.25, 0.3) is 5.78 Å². The number of rotatable bonds is 0. The van der Waals surface area contributed by atoms with Crippen molar-refractivity contribution in [1.29, 1.82) is 0 Å². The summed E-state index contributed by atoms with van der Waals surface area (Å²) in [6, 6.07) is 0. The van der Waals surface area contributed by atoms with Crippen LogP contribution in [-0.2, 0) is 0 Å². The van der Waals surface area contributed by atoms with Gasteiger partial charge >= 0.3 is 0 Å². The number of aryl methyl sites for hydroxylation is 1. The molecule has 0 unspecified atom stereocenters. The van der Waals surface area contributed by atoms with E-state index in [0.717, 1.165) is 10.3 Å². The molecule has 2 heterocycles. The molecule has 11 heavy (non-hydrogen) atoms. The molecule has 0 aromatic carbocycles. The molecule has 2 aromatic heterocycles. The summed E-state index contributed by atoms with van der Waals surface area (Å²) in [5.74, 6) is 1.36. The van der Waals surface area contributed by atoms with E-state index in [-0.39, 0.29) is 0 Å². The van der Waals surface area contributed by atoms with Crippen LogP contribution in [0.15, 0.2) is 16.9 Å². The lowest BCUT2D eigenvalue weighted by molar-refractivity contribution is 0.911. The van der Waals surface area contributed by atoms with Crippen molar-refractivity contribution in [1.82, 2.24) is 19.6 Å². The molecule has 56 valence electrons. The highest BCUT2D eigenvalue weighted by Gasteiger charge is 1.98. The molecule has 0 atom stereocenters. The number of aromatic nitrogens is 4. The predicted octanol–water partition coefficient (Wildman–Crippen LogP) is 1.20. The third-order valence-corrected chi connectivity index (χ3v) is 1.68. The van der Waals surface area contributed by atoms with Gasteiger partial charge in [0.15, 0.2) is 0 Å². The second kappa shape index (κ2) is 2.27. The third-order valence-electron chi connectivity index (χ3n) is 1.27. The van der Waals surface area contributed by atoms with Crippen LogP contribution in [0.5, 0.6) is 0 Å². The summed E-state index contributed by atoms with van der Waals surface area (Å²) in [6.07, 6.45) is 3.52. The Kier molecular flexibility index (Phi) is 1.38. The standard InChI is InChI=1S/C6H5BrN4/c1-4-9-6-8-2-5(7)3-11(6)10-4/h2-3H,1H3. The Morgan fingerprint density at radius 3 is 3.18 bits per heavy atom. The molecule has 0 radical (unpaired) electrons. The van der Waals surface area contributed by atoms with E-state index in [1.807, 2.05) is 13.1 Å². The first-order valence-electron chi connectivity index (χ1n) is 3.10. The topological polar surface area (TPSA) is 43.1 Å². The molecule has 0 aliphatic heterocycles. The van der Waals surface area contributed by atoms with E-state index in [1.54, 1.807) is 10.7 Å². The van der Waals surface area contributed by atoms with Crippen molar-refractivity contribution in [2.75, 3.05) is 0 Å². The zero-order valence-corrected chi connectivity index (χ0v) is 7.41. The Morgan fingerprint density at radius 1 is 1.55 bits per heavy atom. The number of halogens is 1. The van der Waals surface area contributed by atoms with Gasteiger partial charge in [0.1, 0.15) is 5.82 Å². The normalized spacial score (nSPS) is 10.7. The minimum atomic E-state index is 0.630. The Balaban J connectivity index is 2.82. The van der Waals surface area contributed by atoms with Crippen LogP contribution in [0, 0.1) is 6.92 Å². The highest BCUT2D eigenvalue weighted by molar-refractivity contribution is 9.10. The van der Waals surface area contributed by atoms with Crippen molar-refractivity contribution in [2.24, 2.45) is 0 Å². The van der Waals surface area contributed by atoms with Gasteiger partial charge in [0, 0.05) is 12.4 Å². The molecule has 0 N–H and O–H groups in total. The van der Waals surface area contributed by atoms with Gasteiger partial charge in [-0.25, -0.2) is 9.50 Å². The fourth-order valence-electron chi connectivity index (χ4n) is 0.863. The van der Waals surface area contributed by atoms with Gasteiger partial charge in [0.2, 0.25) is 0 Å². The van der Waals surface area contributed by atoms with Gasteiger partial charge < -0.3 is 0 Å². The van der Waals surface area contributed by atoms with Crippen LogP contribution in [0.2, 0.25) is 0 Å². The summed E-state index contributed by atoms with van der Waals surface area (Å²) in [6.45, 7) is 1.84. The zero-order valence-electron chi connectivity index (χ0n) is 5.82. The largest absolute Gasteiger partial charge is 0.252 e. The van der Waals surface area contributed by atoms with Crippen molar-refractivity contribution in [3.63, 3.8) is 0 Å².